The number of nitrogens with one attached hydrogen (secondary N) is 1. The van der Waals surface area contributed by atoms with Gasteiger partial charge in [-0.05, 0) is 117 Å². The van der Waals surface area contributed by atoms with Crippen LogP contribution >= 0.6 is 0 Å². The second-order valence-corrected chi connectivity index (χ2v) is 11.9. The maximum Gasteiger partial charge on any atom is 0.0966 e. The van der Waals surface area contributed by atoms with Crippen molar-refractivity contribution in [2.24, 2.45) is 5.92 Å². The molecule has 1 aromatic carbocycles. The van der Waals surface area contributed by atoms with Crippen LogP contribution in [-0.2, 0) is 4.74 Å². The highest BCUT2D eigenvalue weighted by Crippen LogP contribution is 2.59. The fourth-order valence-corrected chi connectivity index (χ4v) is 7.66. The largest absolute Gasteiger partial charge is 0.359 e. The molecule has 3 fully saturated rings. The summed E-state index contributed by atoms with van der Waals surface area (Å²) in [5, 5.41) is 6.48. The lowest BCUT2D eigenvalue weighted by Gasteiger charge is -2.48. The Morgan fingerprint density at radius 1 is 0.971 bits per heavy atom. The van der Waals surface area contributed by atoms with E-state index in [1.165, 1.54) is 86.1 Å². The summed E-state index contributed by atoms with van der Waals surface area (Å²) in [5.41, 5.74) is 4.55. The quantitative estimate of drug-likeness (QED) is 0.543. The van der Waals surface area contributed by atoms with E-state index in [4.69, 9.17) is 4.74 Å². The number of ether oxygens (including phenoxy) is 1. The first-order valence-corrected chi connectivity index (χ1v) is 13.9. The van der Waals surface area contributed by atoms with Crippen LogP contribution in [-0.4, -0.2) is 28.3 Å². The third-order valence-corrected chi connectivity index (χ3v) is 9.83. The van der Waals surface area contributed by atoms with Crippen LogP contribution in [0.5, 0.6) is 0 Å². The molecule has 34 heavy (non-hydrogen) atoms. The lowest BCUT2D eigenvalue weighted by atomic mass is 9.74. The zero-order valence-corrected chi connectivity index (χ0v) is 20.6. The van der Waals surface area contributed by atoms with Crippen molar-refractivity contribution < 1.29 is 4.74 Å². The second kappa shape index (κ2) is 8.03. The Hall–Kier alpha value is -1.97. The zero-order chi connectivity index (χ0) is 22.8. The Labute approximate surface area is 204 Å². The third-order valence-electron chi connectivity index (χ3n) is 9.83. The molecule has 5 unspecified atom stereocenters. The number of allylic oxidation sites excluding steroid dienone is 1. The molecule has 2 bridgehead atoms. The molecule has 0 radical (unpaired) electrons. The number of hydrogen-bond donors (Lipinski definition) is 1. The smallest absolute Gasteiger partial charge is 0.0966 e. The SMILES string of the molecule is CC1CCC(c2ccc3ccncc3c2)CCC=C2C=C3CCC(NC4CC4)CC34CCC21O4. The summed E-state index contributed by atoms with van der Waals surface area (Å²) in [6, 6.07) is 10.6. The van der Waals surface area contributed by atoms with Crippen LogP contribution < -0.4 is 5.32 Å². The van der Waals surface area contributed by atoms with Crippen LogP contribution in [0.25, 0.3) is 10.8 Å². The molecule has 3 aliphatic carbocycles. The first-order valence-electron chi connectivity index (χ1n) is 13.9. The van der Waals surface area contributed by atoms with Crippen molar-refractivity contribution in [2.45, 2.75) is 107 Å². The lowest BCUT2D eigenvalue weighted by molar-refractivity contribution is -0.111. The van der Waals surface area contributed by atoms with Crippen LogP contribution in [0, 0.1) is 5.92 Å². The average molecular weight is 455 g/mol. The molecule has 3 nitrogen and oxygen atoms in total. The van der Waals surface area contributed by atoms with Crippen molar-refractivity contribution in [3.63, 3.8) is 0 Å². The summed E-state index contributed by atoms with van der Waals surface area (Å²) in [5.74, 6) is 1.16. The first-order chi connectivity index (χ1) is 16.6. The summed E-state index contributed by atoms with van der Waals surface area (Å²) < 4.78 is 7.33. The van der Waals surface area contributed by atoms with E-state index < -0.39 is 0 Å². The Bertz CT molecular complexity index is 1160. The summed E-state index contributed by atoms with van der Waals surface area (Å²) >= 11 is 0. The van der Waals surface area contributed by atoms with E-state index in [0.29, 0.717) is 17.9 Å². The standard InChI is InChI=1S/C31H38N2O/c1-21-5-6-22(24-8-7-23-13-16-32-20-25(23)17-24)3-2-4-27-18-26-9-10-29(33-28-11-12-28)19-30(26)14-15-31(21,27)34-30/h4,7-8,13,16-18,20-22,28-29,33H,2-3,5-6,9-12,14-15,19H2,1H3. The van der Waals surface area contributed by atoms with Crippen molar-refractivity contribution in [3.05, 3.63) is 65.5 Å². The molecular formula is C31H38N2O. The molecule has 1 N–H and O–H groups in total. The monoisotopic (exact) mass is 454 g/mol. The molecule has 2 aliphatic heterocycles. The van der Waals surface area contributed by atoms with E-state index >= 15 is 0 Å². The topological polar surface area (TPSA) is 34.2 Å². The summed E-state index contributed by atoms with van der Waals surface area (Å²) in [6.07, 6.45) is 22.7. The maximum absolute atomic E-state index is 7.33. The van der Waals surface area contributed by atoms with Gasteiger partial charge in [-0.25, -0.2) is 0 Å². The summed E-state index contributed by atoms with van der Waals surface area (Å²) in [4.78, 5) is 4.36. The minimum absolute atomic E-state index is 0.00913. The van der Waals surface area contributed by atoms with Gasteiger partial charge in [-0.2, -0.15) is 0 Å². The molecule has 5 aliphatic rings. The normalized spacial score (nSPS) is 37.6. The maximum atomic E-state index is 7.33. The predicted molar refractivity (Wildman–Crippen MR) is 138 cm³/mol. The molecule has 3 heteroatoms. The van der Waals surface area contributed by atoms with Crippen molar-refractivity contribution in [2.75, 3.05) is 0 Å². The van der Waals surface area contributed by atoms with Gasteiger partial charge in [0.2, 0.25) is 0 Å². The third kappa shape index (κ3) is 3.50. The van der Waals surface area contributed by atoms with Crippen molar-refractivity contribution in [1.29, 1.82) is 0 Å². The van der Waals surface area contributed by atoms with E-state index in [0.717, 1.165) is 12.5 Å². The zero-order valence-electron chi connectivity index (χ0n) is 20.6. The molecule has 178 valence electrons. The summed E-state index contributed by atoms with van der Waals surface area (Å²) in [6.45, 7) is 2.47. The van der Waals surface area contributed by atoms with Gasteiger partial charge in [-0.1, -0.05) is 31.2 Å². The van der Waals surface area contributed by atoms with E-state index in [1.807, 2.05) is 12.4 Å². The number of benzene rings is 1. The minimum atomic E-state index is -0.0623. The Kier molecular flexibility index (Phi) is 5.04. The number of nitrogens with zero attached hydrogens (tertiary/aromatic N) is 1. The number of pyridine rings is 1. The molecule has 1 aromatic heterocycles. The lowest BCUT2D eigenvalue weighted by Crippen LogP contribution is -2.51. The molecule has 2 spiro atoms. The molecule has 1 saturated heterocycles. The van der Waals surface area contributed by atoms with E-state index in [-0.39, 0.29) is 11.2 Å². The average Bonchev–Trinajstić information content (AvgIpc) is 3.61. The minimum Gasteiger partial charge on any atom is -0.359 e. The second-order valence-electron chi connectivity index (χ2n) is 11.9. The highest BCUT2D eigenvalue weighted by molar-refractivity contribution is 5.82. The van der Waals surface area contributed by atoms with Crippen molar-refractivity contribution >= 4 is 10.8 Å². The van der Waals surface area contributed by atoms with Gasteiger partial charge < -0.3 is 10.1 Å². The van der Waals surface area contributed by atoms with E-state index in [1.54, 1.807) is 5.57 Å². The van der Waals surface area contributed by atoms with E-state index in [2.05, 4.69) is 53.6 Å². The molecule has 5 atom stereocenters. The van der Waals surface area contributed by atoms with Gasteiger partial charge >= 0.3 is 0 Å². The van der Waals surface area contributed by atoms with Gasteiger partial charge in [0.25, 0.3) is 0 Å². The molecule has 0 amide bonds. The van der Waals surface area contributed by atoms with Crippen LogP contribution in [0.15, 0.2) is 60.0 Å². The Morgan fingerprint density at radius 2 is 1.91 bits per heavy atom. The van der Waals surface area contributed by atoms with Crippen LogP contribution in [0.2, 0.25) is 0 Å². The number of rotatable bonds is 3. The molecule has 3 heterocycles. The number of aromatic nitrogens is 1. The van der Waals surface area contributed by atoms with E-state index in [9.17, 15) is 0 Å². The fourth-order valence-electron chi connectivity index (χ4n) is 7.66. The van der Waals surface area contributed by atoms with Crippen LogP contribution in [0.1, 0.15) is 89.0 Å². The molecule has 2 aromatic rings. The van der Waals surface area contributed by atoms with Gasteiger partial charge in [0, 0.05) is 29.9 Å². The Balaban J connectivity index is 1.16. The number of fused-ring (bicyclic) bond motifs is 1. The van der Waals surface area contributed by atoms with Gasteiger partial charge in [0.05, 0.1) is 11.2 Å². The molecular weight excluding hydrogens is 416 g/mol. The highest BCUT2D eigenvalue weighted by atomic mass is 16.5. The predicted octanol–water partition coefficient (Wildman–Crippen LogP) is 6.99. The number of hydrogen-bond acceptors (Lipinski definition) is 3. The van der Waals surface area contributed by atoms with Crippen LogP contribution in [0.3, 0.4) is 0 Å². The Morgan fingerprint density at radius 3 is 2.82 bits per heavy atom. The molecule has 7 rings (SSSR count). The highest BCUT2D eigenvalue weighted by Gasteiger charge is 2.59. The van der Waals surface area contributed by atoms with Gasteiger partial charge in [-0.3, -0.25) is 4.98 Å². The first kappa shape index (κ1) is 21.3. The molecule has 2 saturated carbocycles. The van der Waals surface area contributed by atoms with Gasteiger partial charge in [-0.15, -0.1) is 0 Å². The van der Waals surface area contributed by atoms with Crippen LogP contribution in [0.4, 0.5) is 0 Å². The van der Waals surface area contributed by atoms with Crippen molar-refractivity contribution in [3.8, 4) is 0 Å². The summed E-state index contributed by atoms with van der Waals surface area (Å²) in [7, 11) is 0. The van der Waals surface area contributed by atoms with Gasteiger partial charge in [0.15, 0.2) is 0 Å². The fraction of sp³-hybridized carbons (Fsp3) is 0.581. The van der Waals surface area contributed by atoms with Crippen molar-refractivity contribution in [1.82, 2.24) is 10.3 Å². The van der Waals surface area contributed by atoms with Gasteiger partial charge in [0.1, 0.15) is 0 Å².